The smallest absolute Gasteiger partial charge is 0.310 e. The molecule has 2 unspecified atom stereocenters. The minimum absolute atomic E-state index is 0.0265. The summed E-state index contributed by atoms with van der Waals surface area (Å²) in [5.74, 6) is 0.454. The van der Waals surface area contributed by atoms with Gasteiger partial charge in [0.2, 0.25) is 0 Å². The highest BCUT2D eigenvalue weighted by atomic mass is 16.5. The molecule has 1 fully saturated rings. The molecule has 0 bridgehead atoms. The van der Waals surface area contributed by atoms with Crippen molar-refractivity contribution in [2.45, 2.75) is 19.8 Å². The number of rotatable bonds is 2. The SMILES string of the molecule is CCOC(=O)C1CNC2=CC=CCC2C1. The van der Waals surface area contributed by atoms with Crippen molar-refractivity contribution < 1.29 is 9.53 Å². The average molecular weight is 207 g/mol. The highest BCUT2D eigenvalue weighted by Gasteiger charge is 2.30. The third-order valence-corrected chi connectivity index (χ3v) is 3.01. The lowest BCUT2D eigenvalue weighted by molar-refractivity contribution is -0.148. The van der Waals surface area contributed by atoms with Gasteiger partial charge in [0, 0.05) is 18.2 Å². The Morgan fingerprint density at radius 1 is 1.67 bits per heavy atom. The second kappa shape index (κ2) is 4.51. The molecule has 2 atom stereocenters. The molecule has 15 heavy (non-hydrogen) atoms. The first-order valence-corrected chi connectivity index (χ1v) is 5.58. The molecule has 1 aliphatic heterocycles. The van der Waals surface area contributed by atoms with Crippen molar-refractivity contribution in [1.29, 1.82) is 0 Å². The Kier molecular flexibility index (Phi) is 3.09. The zero-order valence-electron chi connectivity index (χ0n) is 9.03. The highest BCUT2D eigenvalue weighted by Crippen LogP contribution is 2.29. The fraction of sp³-hybridized carbons (Fsp3) is 0.583. The lowest BCUT2D eigenvalue weighted by Gasteiger charge is -2.32. The Hall–Kier alpha value is -1.25. The number of hydrogen-bond acceptors (Lipinski definition) is 3. The molecule has 82 valence electrons. The van der Waals surface area contributed by atoms with Crippen molar-refractivity contribution in [3.05, 3.63) is 23.9 Å². The molecular formula is C12H17NO2. The normalized spacial score (nSPS) is 28.7. The number of carbonyl (C=O) groups excluding carboxylic acids is 1. The molecule has 1 heterocycles. The first-order valence-electron chi connectivity index (χ1n) is 5.58. The van der Waals surface area contributed by atoms with Gasteiger partial charge < -0.3 is 10.1 Å². The highest BCUT2D eigenvalue weighted by molar-refractivity contribution is 5.73. The van der Waals surface area contributed by atoms with E-state index in [4.69, 9.17) is 4.74 Å². The first kappa shape index (κ1) is 10.3. The summed E-state index contributed by atoms with van der Waals surface area (Å²) in [5.41, 5.74) is 1.28. The lowest BCUT2D eigenvalue weighted by Crippen LogP contribution is -2.39. The first-order chi connectivity index (χ1) is 7.31. The van der Waals surface area contributed by atoms with Gasteiger partial charge in [-0.05, 0) is 25.8 Å². The third-order valence-electron chi connectivity index (χ3n) is 3.01. The molecular weight excluding hydrogens is 190 g/mol. The van der Waals surface area contributed by atoms with E-state index in [0.717, 1.165) is 19.4 Å². The summed E-state index contributed by atoms with van der Waals surface area (Å²) >= 11 is 0. The van der Waals surface area contributed by atoms with Crippen LogP contribution in [0.1, 0.15) is 19.8 Å². The number of esters is 1. The predicted octanol–water partition coefficient (Wildman–Crippen LogP) is 1.62. The fourth-order valence-electron chi connectivity index (χ4n) is 2.21. The van der Waals surface area contributed by atoms with E-state index in [9.17, 15) is 4.79 Å². The van der Waals surface area contributed by atoms with Crippen LogP contribution in [-0.2, 0) is 9.53 Å². The summed E-state index contributed by atoms with van der Waals surface area (Å²) in [7, 11) is 0. The summed E-state index contributed by atoms with van der Waals surface area (Å²) in [6.07, 6.45) is 8.29. The van der Waals surface area contributed by atoms with Crippen LogP contribution in [0.15, 0.2) is 23.9 Å². The minimum atomic E-state index is -0.0568. The molecule has 0 amide bonds. The summed E-state index contributed by atoms with van der Waals surface area (Å²) in [5, 5.41) is 3.32. The van der Waals surface area contributed by atoms with Crippen LogP contribution in [0.4, 0.5) is 0 Å². The van der Waals surface area contributed by atoms with Gasteiger partial charge >= 0.3 is 5.97 Å². The van der Waals surface area contributed by atoms with Gasteiger partial charge in [-0.3, -0.25) is 4.79 Å². The van der Waals surface area contributed by atoms with Gasteiger partial charge in [0.25, 0.3) is 0 Å². The number of fused-ring (bicyclic) bond motifs is 1. The van der Waals surface area contributed by atoms with Crippen molar-refractivity contribution in [3.63, 3.8) is 0 Å². The number of ether oxygens (including phenoxy) is 1. The number of nitrogens with one attached hydrogen (secondary N) is 1. The van der Waals surface area contributed by atoms with E-state index in [-0.39, 0.29) is 11.9 Å². The molecule has 1 N–H and O–H groups in total. The number of allylic oxidation sites excluding steroid dienone is 4. The summed E-state index contributed by atoms with van der Waals surface area (Å²) in [6.45, 7) is 3.04. The maximum atomic E-state index is 11.6. The molecule has 0 radical (unpaired) electrons. The van der Waals surface area contributed by atoms with Gasteiger partial charge in [0.1, 0.15) is 0 Å². The number of hydrogen-bond donors (Lipinski definition) is 1. The lowest BCUT2D eigenvalue weighted by atomic mass is 9.83. The zero-order valence-corrected chi connectivity index (χ0v) is 9.03. The topological polar surface area (TPSA) is 38.3 Å². The number of piperidine rings is 1. The fourth-order valence-corrected chi connectivity index (χ4v) is 2.21. The maximum Gasteiger partial charge on any atom is 0.310 e. The Labute approximate surface area is 90.2 Å². The Morgan fingerprint density at radius 2 is 2.53 bits per heavy atom. The summed E-state index contributed by atoms with van der Waals surface area (Å²) < 4.78 is 5.04. The van der Waals surface area contributed by atoms with Crippen LogP contribution in [0.25, 0.3) is 0 Å². The zero-order chi connectivity index (χ0) is 10.7. The van der Waals surface area contributed by atoms with E-state index in [1.54, 1.807) is 0 Å². The standard InChI is InChI=1S/C12H17NO2/c1-2-15-12(14)10-7-9-5-3-4-6-11(9)13-8-10/h3-4,6,9-10,13H,2,5,7-8H2,1H3. The van der Waals surface area contributed by atoms with Crippen molar-refractivity contribution in [2.75, 3.05) is 13.2 Å². The molecule has 1 saturated heterocycles. The molecule has 3 heteroatoms. The predicted molar refractivity (Wildman–Crippen MR) is 58.1 cm³/mol. The van der Waals surface area contributed by atoms with Gasteiger partial charge in [-0.15, -0.1) is 0 Å². The average Bonchev–Trinajstić information content (AvgIpc) is 2.29. The molecule has 2 rings (SSSR count). The Balaban J connectivity index is 1.96. The summed E-state index contributed by atoms with van der Waals surface area (Å²) in [4.78, 5) is 11.6. The van der Waals surface area contributed by atoms with Crippen LogP contribution in [0.2, 0.25) is 0 Å². The van der Waals surface area contributed by atoms with Crippen LogP contribution >= 0.6 is 0 Å². The largest absolute Gasteiger partial charge is 0.466 e. The van der Waals surface area contributed by atoms with Gasteiger partial charge in [-0.25, -0.2) is 0 Å². The van der Waals surface area contributed by atoms with Crippen LogP contribution in [0.3, 0.4) is 0 Å². The van der Waals surface area contributed by atoms with Gasteiger partial charge in [0.15, 0.2) is 0 Å². The molecule has 0 aromatic heterocycles. The van der Waals surface area contributed by atoms with Crippen molar-refractivity contribution in [2.24, 2.45) is 11.8 Å². The van der Waals surface area contributed by atoms with Gasteiger partial charge in [0.05, 0.1) is 12.5 Å². The van der Waals surface area contributed by atoms with E-state index < -0.39 is 0 Å². The molecule has 0 saturated carbocycles. The minimum Gasteiger partial charge on any atom is -0.466 e. The Bertz CT molecular complexity index is 307. The van der Waals surface area contributed by atoms with E-state index in [1.165, 1.54) is 5.70 Å². The Morgan fingerprint density at radius 3 is 3.33 bits per heavy atom. The monoisotopic (exact) mass is 207 g/mol. The molecule has 0 aromatic rings. The van der Waals surface area contributed by atoms with E-state index in [2.05, 4.69) is 23.5 Å². The van der Waals surface area contributed by atoms with E-state index >= 15 is 0 Å². The van der Waals surface area contributed by atoms with Gasteiger partial charge in [-0.2, -0.15) is 0 Å². The molecule has 1 aliphatic carbocycles. The van der Waals surface area contributed by atoms with E-state index in [0.29, 0.717) is 12.5 Å². The van der Waals surface area contributed by atoms with Crippen molar-refractivity contribution in [3.8, 4) is 0 Å². The van der Waals surface area contributed by atoms with Crippen molar-refractivity contribution in [1.82, 2.24) is 5.32 Å². The molecule has 0 aromatic carbocycles. The molecule has 2 aliphatic rings. The third kappa shape index (κ3) is 2.22. The molecule has 3 nitrogen and oxygen atoms in total. The van der Waals surface area contributed by atoms with E-state index in [1.807, 2.05) is 6.92 Å². The van der Waals surface area contributed by atoms with Crippen LogP contribution in [-0.4, -0.2) is 19.1 Å². The number of carbonyl (C=O) groups is 1. The second-order valence-electron chi connectivity index (χ2n) is 4.05. The summed E-state index contributed by atoms with van der Waals surface area (Å²) in [6, 6.07) is 0. The molecule has 0 spiro atoms. The van der Waals surface area contributed by atoms with Gasteiger partial charge in [-0.1, -0.05) is 12.2 Å². The van der Waals surface area contributed by atoms with Crippen LogP contribution in [0.5, 0.6) is 0 Å². The quantitative estimate of drug-likeness (QED) is 0.699. The maximum absolute atomic E-state index is 11.6. The van der Waals surface area contributed by atoms with Crippen LogP contribution in [0, 0.1) is 11.8 Å². The second-order valence-corrected chi connectivity index (χ2v) is 4.05. The van der Waals surface area contributed by atoms with Crippen molar-refractivity contribution >= 4 is 5.97 Å². The van der Waals surface area contributed by atoms with Crippen LogP contribution < -0.4 is 5.32 Å².